The van der Waals surface area contributed by atoms with E-state index in [0.717, 1.165) is 6.54 Å². The fourth-order valence-corrected chi connectivity index (χ4v) is 1.14. The van der Waals surface area contributed by atoms with Crippen LogP contribution >= 0.6 is 0 Å². The second-order valence-corrected chi connectivity index (χ2v) is 3.95. The lowest BCUT2D eigenvalue weighted by Crippen LogP contribution is -2.20. The third-order valence-corrected chi connectivity index (χ3v) is 2.12. The molecule has 0 spiro atoms. The van der Waals surface area contributed by atoms with Gasteiger partial charge in [0.2, 0.25) is 0 Å². The van der Waals surface area contributed by atoms with Crippen molar-refractivity contribution in [3.63, 3.8) is 0 Å². The SMILES string of the molecule is CN(C)CCOCCNc1ccc(C(=O)O)nn1. The predicted octanol–water partition coefficient (Wildman–Crippen LogP) is 0.165. The third-order valence-electron chi connectivity index (χ3n) is 2.12. The van der Waals surface area contributed by atoms with E-state index in [-0.39, 0.29) is 5.69 Å². The average Bonchev–Trinajstić information content (AvgIpc) is 2.34. The molecule has 0 aliphatic heterocycles. The van der Waals surface area contributed by atoms with E-state index in [9.17, 15) is 4.79 Å². The van der Waals surface area contributed by atoms with Crippen LogP contribution in [-0.2, 0) is 4.74 Å². The Hall–Kier alpha value is -1.73. The Bertz CT molecular complexity index is 367. The van der Waals surface area contributed by atoms with Crippen molar-refractivity contribution in [1.29, 1.82) is 0 Å². The zero-order chi connectivity index (χ0) is 13.4. The number of carboxylic acids is 1. The molecule has 1 heterocycles. The van der Waals surface area contributed by atoms with Gasteiger partial charge in [-0.05, 0) is 26.2 Å². The Morgan fingerprint density at radius 1 is 1.39 bits per heavy atom. The van der Waals surface area contributed by atoms with Crippen molar-refractivity contribution in [2.45, 2.75) is 0 Å². The van der Waals surface area contributed by atoms with Crippen molar-refractivity contribution in [3.8, 4) is 0 Å². The Morgan fingerprint density at radius 3 is 2.72 bits per heavy atom. The van der Waals surface area contributed by atoms with Crippen LogP contribution in [0.3, 0.4) is 0 Å². The molecule has 100 valence electrons. The molecule has 0 unspecified atom stereocenters. The van der Waals surface area contributed by atoms with Crippen LogP contribution in [0, 0.1) is 0 Å². The molecule has 0 fully saturated rings. The fraction of sp³-hybridized carbons (Fsp3) is 0.545. The van der Waals surface area contributed by atoms with Crippen molar-refractivity contribution in [2.24, 2.45) is 0 Å². The minimum Gasteiger partial charge on any atom is -0.476 e. The van der Waals surface area contributed by atoms with Crippen LogP contribution < -0.4 is 5.32 Å². The van der Waals surface area contributed by atoms with Crippen molar-refractivity contribution in [1.82, 2.24) is 15.1 Å². The summed E-state index contributed by atoms with van der Waals surface area (Å²) in [6, 6.07) is 2.99. The maximum atomic E-state index is 10.6. The molecule has 7 nitrogen and oxygen atoms in total. The molecule has 7 heteroatoms. The first-order valence-electron chi connectivity index (χ1n) is 5.63. The normalized spacial score (nSPS) is 10.6. The van der Waals surface area contributed by atoms with E-state index in [4.69, 9.17) is 9.84 Å². The Labute approximate surface area is 106 Å². The van der Waals surface area contributed by atoms with Gasteiger partial charge >= 0.3 is 5.97 Å². The summed E-state index contributed by atoms with van der Waals surface area (Å²) in [6.07, 6.45) is 0. The van der Waals surface area contributed by atoms with Gasteiger partial charge in [0.05, 0.1) is 13.2 Å². The van der Waals surface area contributed by atoms with E-state index in [2.05, 4.69) is 15.5 Å². The van der Waals surface area contributed by atoms with Gasteiger partial charge in [-0.2, -0.15) is 0 Å². The van der Waals surface area contributed by atoms with Gasteiger partial charge in [-0.25, -0.2) is 4.79 Å². The molecule has 0 aromatic carbocycles. The molecule has 0 aliphatic carbocycles. The van der Waals surface area contributed by atoms with Gasteiger partial charge in [0.1, 0.15) is 5.82 Å². The quantitative estimate of drug-likeness (QED) is 0.639. The molecule has 0 amide bonds. The highest BCUT2D eigenvalue weighted by atomic mass is 16.5. The lowest BCUT2D eigenvalue weighted by atomic mass is 10.4. The minimum atomic E-state index is -1.08. The molecule has 0 aliphatic rings. The second kappa shape index (κ2) is 7.57. The lowest BCUT2D eigenvalue weighted by Gasteiger charge is -2.10. The largest absolute Gasteiger partial charge is 0.476 e. The minimum absolute atomic E-state index is 0.0669. The van der Waals surface area contributed by atoms with Crippen LogP contribution in [0.1, 0.15) is 10.5 Å². The van der Waals surface area contributed by atoms with Crippen LogP contribution in [-0.4, -0.2) is 66.6 Å². The van der Waals surface area contributed by atoms with Crippen molar-refractivity contribution in [3.05, 3.63) is 17.8 Å². The number of carbonyl (C=O) groups is 1. The van der Waals surface area contributed by atoms with Crippen molar-refractivity contribution < 1.29 is 14.6 Å². The Balaban J connectivity index is 2.17. The molecule has 1 aromatic rings. The maximum Gasteiger partial charge on any atom is 0.356 e. The molecule has 1 rings (SSSR count). The highest BCUT2D eigenvalue weighted by Gasteiger charge is 2.04. The van der Waals surface area contributed by atoms with Crippen LogP contribution in [0.5, 0.6) is 0 Å². The van der Waals surface area contributed by atoms with E-state index in [0.29, 0.717) is 25.6 Å². The standard InChI is InChI=1S/C11H18N4O3/c1-15(2)6-8-18-7-5-12-10-4-3-9(11(16)17)13-14-10/h3-4H,5-8H2,1-2H3,(H,12,14)(H,16,17). The maximum absolute atomic E-state index is 10.6. The van der Waals surface area contributed by atoms with Gasteiger partial charge in [-0.15, -0.1) is 10.2 Å². The number of ether oxygens (including phenoxy) is 1. The summed E-state index contributed by atoms with van der Waals surface area (Å²) in [4.78, 5) is 12.6. The summed E-state index contributed by atoms with van der Waals surface area (Å²) in [6.45, 7) is 2.73. The molecule has 18 heavy (non-hydrogen) atoms. The first kappa shape index (κ1) is 14.3. The average molecular weight is 254 g/mol. The molecule has 0 bridgehead atoms. The van der Waals surface area contributed by atoms with Gasteiger partial charge in [0, 0.05) is 13.1 Å². The number of carboxylic acid groups (broad SMARTS) is 1. The highest BCUT2D eigenvalue weighted by Crippen LogP contribution is 2.01. The van der Waals surface area contributed by atoms with Crippen molar-refractivity contribution in [2.75, 3.05) is 45.7 Å². The first-order valence-corrected chi connectivity index (χ1v) is 5.63. The zero-order valence-corrected chi connectivity index (χ0v) is 10.6. The van der Waals surface area contributed by atoms with E-state index < -0.39 is 5.97 Å². The van der Waals surface area contributed by atoms with E-state index >= 15 is 0 Å². The molecule has 0 saturated heterocycles. The first-order chi connectivity index (χ1) is 8.59. The predicted molar refractivity (Wildman–Crippen MR) is 66.9 cm³/mol. The number of aromatic nitrogens is 2. The molecule has 2 N–H and O–H groups in total. The van der Waals surface area contributed by atoms with Gasteiger partial charge in [-0.1, -0.05) is 0 Å². The topological polar surface area (TPSA) is 87.6 Å². The van der Waals surface area contributed by atoms with Crippen LogP contribution in [0.25, 0.3) is 0 Å². The molecule has 1 aromatic heterocycles. The van der Waals surface area contributed by atoms with E-state index in [1.54, 1.807) is 6.07 Å². The zero-order valence-electron chi connectivity index (χ0n) is 10.6. The Morgan fingerprint density at radius 2 is 2.17 bits per heavy atom. The van der Waals surface area contributed by atoms with Crippen LogP contribution in [0.2, 0.25) is 0 Å². The Kier molecular flexibility index (Phi) is 6.03. The summed E-state index contributed by atoms with van der Waals surface area (Å²) in [5, 5.41) is 18.9. The summed E-state index contributed by atoms with van der Waals surface area (Å²) in [7, 11) is 3.97. The molecule has 0 radical (unpaired) electrons. The number of rotatable bonds is 8. The monoisotopic (exact) mass is 254 g/mol. The highest BCUT2D eigenvalue weighted by molar-refractivity contribution is 5.85. The summed E-state index contributed by atoms with van der Waals surface area (Å²) < 4.78 is 5.38. The number of nitrogens with one attached hydrogen (secondary N) is 1. The number of aromatic carboxylic acids is 1. The fourth-order valence-electron chi connectivity index (χ4n) is 1.14. The summed E-state index contributed by atoms with van der Waals surface area (Å²) >= 11 is 0. The lowest BCUT2D eigenvalue weighted by molar-refractivity contribution is 0.0689. The second-order valence-electron chi connectivity index (χ2n) is 3.95. The van der Waals surface area contributed by atoms with Gasteiger partial charge < -0.3 is 20.1 Å². The van der Waals surface area contributed by atoms with Gasteiger partial charge in [-0.3, -0.25) is 0 Å². The third kappa shape index (κ3) is 5.55. The number of likely N-dealkylation sites (N-methyl/N-ethyl adjacent to an activating group) is 1. The number of hydrogen-bond donors (Lipinski definition) is 2. The molecular formula is C11H18N4O3. The number of anilines is 1. The van der Waals surface area contributed by atoms with E-state index in [1.807, 2.05) is 19.0 Å². The molecule has 0 atom stereocenters. The number of hydrogen-bond acceptors (Lipinski definition) is 6. The summed E-state index contributed by atoms with van der Waals surface area (Å²) in [5.74, 6) is -0.544. The smallest absolute Gasteiger partial charge is 0.356 e. The molecule has 0 saturated carbocycles. The number of nitrogens with zero attached hydrogens (tertiary/aromatic N) is 3. The van der Waals surface area contributed by atoms with Crippen molar-refractivity contribution >= 4 is 11.8 Å². The van der Waals surface area contributed by atoms with Gasteiger partial charge in [0.15, 0.2) is 5.69 Å². The van der Waals surface area contributed by atoms with E-state index in [1.165, 1.54) is 6.07 Å². The van der Waals surface area contributed by atoms with Gasteiger partial charge in [0.25, 0.3) is 0 Å². The van der Waals surface area contributed by atoms with Crippen LogP contribution in [0.4, 0.5) is 5.82 Å². The summed E-state index contributed by atoms with van der Waals surface area (Å²) in [5.41, 5.74) is -0.0669. The van der Waals surface area contributed by atoms with Crippen LogP contribution in [0.15, 0.2) is 12.1 Å². The molecular weight excluding hydrogens is 236 g/mol.